The summed E-state index contributed by atoms with van der Waals surface area (Å²) in [5.41, 5.74) is -0.926. The van der Waals surface area contributed by atoms with Crippen LogP contribution in [0.25, 0.3) is 0 Å². The van der Waals surface area contributed by atoms with Crippen molar-refractivity contribution in [1.82, 2.24) is 9.55 Å². The van der Waals surface area contributed by atoms with Crippen molar-refractivity contribution < 1.29 is 9.90 Å². The number of carboxylic acid groups (broad SMARTS) is 1. The maximum absolute atomic E-state index is 11.2. The molecule has 0 radical (unpaired) electrons. The molecule has 2 rings (SSSR count). The summed E-state index contributed by atoms with van der Waals surface area (Å²) in [6.07, 6.45) is 1.38. The predicted molar refractivity (Wildman–Crippen MR) is 48.7 cm³/mol. The van der Waals surface area contributed by atoms with Crippen LogP contribution in [0.15, 0.2) is 11.1 Å². The fourth-order valence-corrected chi connectivity index (χ4v) is 1.61. The van der Waals surface area contributed by atoms with Crippen molar-refractivity contribution in [2.45, 2.75) is 6.54 Å². The van der Waals surface area contributed by atoms with E-state index in [1.54, 1.807) is 16.5 Å². The monoisotopic (exact) mass is 195 g/mol. The van der Waals surface area contributed by atoms with Crippen molar-refractivity contribution in [3.8, 4) is 0 Å². The van der Waals surface area contributed by atoms with Gasteiger partial charge >= 0.3 is 5.97 Å². The minimum Gasteiger partial charge on any atom is -0.477 e. The lowest BCUT2D eigenvalue weighted by Crippen LogP contribution is -2.24. The summed E-state index contributed by atoms with van der Waals surface area (Å²) in [5.74, 6) is -0.780. The number of rotatable bonds is 1. The molecular weight excluding hydrogens is 186 g/mol. The van der Waals surface area contributed by atoms with E-state index in [2.05, 4.69) is 4.98 Å². The van der Waals surface area contributed by atoms with Crippen molar-refractivity contribution >= 4 is 11.8 Å². The standard InChI is InChI=1S/C8H9N3O3/c1-10-2-3-11-4-9-6(12)5(7(10)11)8(13)14/h4H,2-3H2,1H3,(H,13,14). The number of carbonyl (C=O) groups is 1. The highest BCUT2D eigenvalue weighted by molar-refractivity contribution is 5.93. The molecular formula is C8H9N3O3. The zero-order chi connectivity index (χ0) is 10.3. The molecule has 1 aromatic rings. The average molecular weight is 195 g/mol. The molecule has 0 aliphatic carbocycles. The van der Waals surface area contributed by atoms with Crippen LogP contribution in [0.3, 0.4) is 0 Å². The highest BCUT2D eigenvalue weighted by Gasteiger charge is 2.25. The first-order valence-electron chi connectivity index (χ1n) is 4.15. The Morgan fingerprint density at radius 2 is 2.29 bits per heavy atom. The highest BCUT2D eigenvalue weighted by Crippen LogP contribution is 2.20. The second-order valence-electron chi connectivity index (χ2n) is 3.17. The topological polar surface area (TPSA) is 75.4 Å². The molecule has 6 heteroatoms. The van der Waals surface area contributed by atoms with Crippen LogP contribution in [0.5, 0.6) is 0 Å². The molecule has 14 heavy (non-hydrogen) atoms. The fraction of sp³-hybridized carbons (Fsp3) is 0.375. The predicted octanol–water partition coefficient (Wildman–Crippen LogP) is -0.609. The van der Waals surface area contributed by atoms with Gasteiger partial charge in [0.05, 0.1) is 0 Å². The number of aromatic carboxylic acids is 1. The van der Waals surface area contributed by atoms with Crippen molar-refractivity contribution in [2.75, 3.05) is 18.5 Å². The van der Waals surface area contributed by atoms with E-state index < -0.39 is 11.5 Å². The lowest BCUT2D eigenvalue weighted by molar-refractivity contribution is 0.0695. The van der Waals surface area contributed by atoms with Crippen LogP contribution in [0.1, 0.15) is 10.4 Å². The molecule has 0 fully saturated rings. The van der Waals surface area contributed by atoms with Crippen molar-refractivity contribution in [2.24, 2.45) is 0 Å². The van der Waals surface area contributed by atoms with Crippen molar-refractivity contribution in [3.63, 3.8) is 0 Å². The van der Waals surface area contributed by atoms with Gasteiger partial charge in [-0.15, -0.1) is 0 Å². The van der Waals surface area contributed by atoms with Crippen LogP contribution in [0, 0.1) is 0 Å². The first kappa shape index (κ1) is 8.74. The summed E-state index contributed by atoms with van der Waals surface area (Å²) in [6, 6.07) is 0. The SMILES string of the molecule is CN1CCn2cnc(=O)c(C(=O)O)c21. The molecule has 2 heterocycles. The van der Waals surface area contributed by atoms with Crippen LogP contribution < -0.4 is 10.5 Å². The smallest absolute Gasteiger partial charge is 0.345 e. The Bertz CT molecular complexity index is 452. The molecule has 0 atom stereocenters. The van der Waals surface area contributed by atoms with E-state index in [0.29, 0.717) is 18.9 Å². The summed E-state index contributed by atoms with van der Waals surface area (Å²) in [5, 5.41) is 8.87. The molecule has 0 spiro atoms. The molecule has 0 bridgehead atoms. The quantitative estimate of drug-likeness (QED) is 0.647. The van der Waals surface area contributed by atoms with Crippen LogP contribution in [0.2, 0.25) is 0 Å². The number of likely N-dealkylation sites (N-methyl/N-ethyl adjacent to an activating group) is 1. The molecule has 0 unspecified atom stereocenters. The Morgan fingerprint density at radius 3 is 2.93 bits per heavy atom. The van der Waals surface area contributed by atoms with Gasteiger partial charge in [-0.3, -0.25) is 4.79 Å². The van der Waals surface area contributed by atoms with Gasteiger partial charge in [-0.1, -0.05) is 0 Å². The Labute approximate surface area is 79.4 Å². The Balaban J connectivity index is 2.75. The van der Waals surface area contributed by atoms with Gasteiger partial charge in [0.15, 0.2) is 5.56 Å². The normalized spacial score (nSPS) is 14.2. The van der Waals surface area contributed by atoms with E-state index in [9.17, 15) is 9.59 Å². The Morgan fingerprint density at radius 1 is 1.57 bits per heavy atom. The third-order valence-electron chi connectivity index (χ3n) is 2.28. The maximum Gasteiger partial charge on any atom is 0.345 e. The lowest BCUT2D eigenvalue weighted by atomic mass is 10.3. The molecule has 0 saturated heterocycles. The van der Waals surface area contributed by atoms with Gasteiger partial charge in [0.25, 0.3) is 5.56 Å². The van der Waals surface area contributed by atoms with Crippen molar-refractivity contribution in [3.05, 3.63) is 22.2 Å². The van der Waals surface area contributed by atoms with Gasteiger partial charge in [0.2, 0.25) is 0 Å². The number of nitrogens with zero attached hydrogens (tertiary/aromatic N) is 3. The molecule has 0 saturated carbocycles. The van der Waals surface area contributed by atoms with E-state index in [1.807, 2.05) is 0 Å². The summed E-state index contributed by atoms with van der Waals surface area (Å²) in [6.45, 7) is 1.37. The maximum atomic E-state index is 11.2. The number of anilines is 1. The Kier molecular flexibility index (Phi) is 1.77. The molecule has 0 aromatic carbocycles. The van der Waals surface area contributed by atoms with Crippen molar-refractivity contribution in [1.29, 1.82) is 0 Å². The number of carboxylic acids is 1. The summed E-state index contributed by atoms with van der Waals surface area (Å²) in [4.78, 5) is 27.3. The van der Waals surface area contributed by atoms with Crippen LogP contribution in [0.4, 0.5) is 5.82 Å². The fourth-order valence-electron chi connectivity index (χ4n) is 1.61. The van der Waals surface area contributed by atoms with Gasteiger partial charge in [-0.25, -0.2) is 4.79 Å². The van der Waals surface area contributed by atoms with Gasteiger partial charge in [0, 0.05) is 20.1 Å². The third-order valence-corrected chi connectivity index (χ3v) is 2.28. The minimum absolute atomic E-state index is 0.243. The van der Waals surface area contributed by atoms with E-state index in [1.165, 1.54) is 6.33 Å². The number of aromatic nitrogens is 2. The second kappa shape index (κ2) is 2.83. The number of fused-ring (bicyclic) bond motifs is 1. The van der Waals surface area contributed by atoms with Gasteiger partial charge in [-0.05, 0) is 0 Å². The molecule has 1 aromatic heterocycles. The van der Waals surface area contributed by atoms with E-state index in [-0.39, 0.29) is 5.56 Å². The average Bonchev–Trinajstić information content (AvgIpc) is 2.47. The number of hydrogen-bond donors (Lipinski definition) is 1. The first-order chi connectivity index (χ1) is 6.61. The summed E-state index contributed by atoms with van der Waals surface area (Å²) >= 11 is 0. The minimum atomic E-state index is -1.22. The molecule has 1 aliphatic heterocycles. The summed E-state index contributed by atoms with van der Waals surface area (Å²) in [7, 11) is 1.75. The van der Waals surface area contributed by atoms with E-state index >= 15 is 0 Å². The zero-order valence-corrected chi connectivity index (χ0v) is 7.60. The molecule has 1 N–H and O–H groups in total. The van der Waals surface area contributed by atoms with Crippen LogP contribution in [-0.4, -0.2) is 34.2 Å². The van der Waals surface area contributed by atoms with Crippen LogP contribution in [-0.2, 0) is 6.54 Å². The number of hydrogen-bond acceptors (Lipinski definition) is 4. The molecule has 0 amide bonds. The lowest BCUT2D eigenvalue weighted by Gasteiger charge is -2.12. The van der Waals surface area contributed by atoms with E-state index in [4.69, 9.17) is 5.11 Å². The van der Waals surface area contributed by atoms with E-state index in [0.717, 1.165) is 0 Å². The highest BCUT2D eigenvalue weighted by atomic mass is 16.4. The Hall–Kier alpha value is -1.85. The molecule has 74 valence electrons. The molecule has 1 aliphatic rings. The molecule has 6 nitrogen and oxygen atoms in total. The first-order valence-corrected chi connectivity index (χ1v) is 4.15. The van der Waals surface area contributed by atoms with Crippen LogP contribution >= 0.6 is 0 Å². The second-order valence-corrected chi connectivity index (χ2v) is 3.17. The zero-order valence-electron chi connectivity index (χ0n) is 7.60. The summed E-state index contributed by atoms with van der Waals surface area (Å²) < 4.78 is 1.67. The third kappa shape index (κ3) is 1.07. The van der Waals surface area contributed by atoms with Gasteiger partial charge in [0.1, 0.15) is 12.1 Å². The van der Waals surface area contributed by atoms with Gasteiger partial charge in [-0.2, -0.15) is 4.98 Å². The largest absolute Gasteiger partial charge is 0.477 e. The van der Waals surface area contributed by atoms with Gasteiger partial charge < -0.3 is 14.6 Å².